The molecule has 0 radical (unpaired) electrons. The minimum Gasteiger partial charge on any atom is -0.469 e. The number of rotatable bonds is 5. The highest BCUT2D eigenvalue weighted by Crippen LogP contribution is 2.64. The van der Waals surface area contributed by atoms with Gasteiger partial charge in [0.25, 0.3) is 0 Å². The summed E-state index contributed by atoms with van der Waals surface area (Å²) in [6.45, 7) is 4.00. The van der Waals surface area contributed by atoms with Crippen LogP contribution in [-0.4, -0.2) is 33.0 Å². The first-order valence-corrected chi connectivity index (χ1v) is 8.61. The molecule has 0 heterocycles. The highest BCUT2D eigenvalue weighted by molar-refractivity contribution is 7.55. The Bertz CT molecular complexity index is 590. The molecule has 0 saturated heterocycles. The molecule has 120 valence electrons. The van der Waals surface area contributed by atoms with Gasteiger partial charge in [-0.15, -0.1) is 0 Å². The van der Waals surface area contributed by atoms with E-state index >= 15 is 0 Å². The zero-order chi connectivity index (χ0) is 16.3. The van der Waals surface area contributed by atoms with Gasteiger partial charge >= 0.3 is 13.6 Å². The van der Waals surface area contributed by atoms with Crippen LogP contribution in [0.3, 0.4) is 0 Å². The topological polar surface area (TPSA) is 61.8 Å². The molecule has 1 aliphatic rings. The first-order chi connectivity index (χ1) is 10.5. The van der Waals surface area contributed by atoms with E-state index in [2.05, 4.69) is 6.58 Å². The Balaban J connectivity index is 2.53. The van der Waals surface area contributed by atoms with Crippen LogP contribution in [-0.2, 0) is 23.1 Å². The zero-order valence-corrected chi connectivity index (χ0v) is 13.9. The van der Waals surface area contributed by atoms with Gasteiger partial charge in [0.2, 0.25) is 0 Å². The van der Waals surface area contributed by atoms with Crippen molar-refractivity contribution >= 4 is 13.6 Å². The average Bonchev–Trinajstić information content (AvgIpc) is 2.92. The molecule has 0 bridgehead atoms. The van der Waals surface area contributed by atoms with Gasteiger partial charge in [-0.05, 0) is 12.0 Å². The first kappa shape index (κ1) is 16.9. The molecule has 1 aromatic carbocycles. The summed E-state index contributed by atoms with van der Waals surface area (Å²) >= 11 is 0. The summed E-state index contributed by atoms with van der Waals surface area (Å²) in [5.74, 6) is -1.12. The van der Waals surface area contributed by atoms with Crippen LogP contribution in [0.25, 0.3) is 0 Å². The van der Waals surface area contributed by atoms with Crippen molar-refractivity contribution in [3.05, 3.63) is 48.0 Å². The Morgan fingerprint density at radius 3 is 2.27 bits per heavy atom. The molecule has 5 nitrogen and oxygen atoms in total. The van der Waals surface area contributed by atoms with Crippen molar-refractivity contribution in [1.82, 2.24) is 0 Å². The number of ether oxygens (including phenoxy) is 1. The van der Waals surface area contributed by atoms with Crippen LogP contribution in [0.4, 0.5) is 0 Å². The molecule has 1 aromatic rings. The summed E-state index contributed by atoms with van der Waals surface area (Å²) in [5, 5.41) is 0. The maximum Gasteiger partial charge on any atom is 0.337 e. The van der Waals surface area contributed by atoms with Crippen molar-refractivity contribution in [1.29, 1.82) is 0 Å². The number of hydrogen-bond donors (Lipinski definition) is 0. The molecule has 3 atom stereocenters. The number of allylic oxidation sites excluding steroid dienone is 1. The molecule has 1 fully saturated rings. The Hall–Kier alpha value is -1.42. The third-order valence-electron chi connectivity index (χ3n) is 4.21. The number of benzene rings is 1. The molecule has 22 heavy (non-hydrogen) atoms. The van der Waals surface area contributed by atoms with Gasteiger partial charge in [-0.3, -0.25) is 9.36 Å². The number of carbonyl (C=O) groups excluding carboxylic acids is 1. The lowest BCUT2D eigenvalue weighted by Crippen LogP contribution is -2.25. The average molecular weight is 324 g/mol. The minimum absolute atomic E-state index is 0.337. The second-order valence-electron chi connectivity index (χ2n) is 5.28. The summed E-state index contributed by atoms with van der Waals surface area (Å²) in [7, 11) is 0.657. The predicted octanol–water partition coefficient (Wildman–Crippen LogP) is 3.37. The monoisotopic (exact) mass is 324 g/mol. The van der Waals surface area contributed by atoms with Crippen LogP contribution in [0, 0.1) is 5.92 Å². The lowest BCUT2D eigenvalue weighted by Gasteiger charge is -2.28. The third kappa shape index (κ3) is 2.89. The van der Waals surface area contributed by atoms with Gasteiger partial charge in [0, 0.05) is 20.1 Å². The van der Waals surface area contributed by atoms with Crippen LogP contribution in [0.15, 0.2) is 42.5 Å². The molecular weight excluding hydrogens is 303 g/mol. The molecule has 0 aromatic heterocycles. The molecular formula is C16H21O5P. The molecule has 0 unspecified atom stereocenters. The number of hydrogen-bond acceptors (Lipinski definition) is 5. The Morgan fingerprint density at radius 2 is 1.77 bits per heavy atom. The predicted molar refractivity (Wildman–Crippen MR) is 83.9 cm³/mol. The Kier molecular flexibility index (Phi) is 5.22. The van der Waals surface area contributed by atoms with Crippen molar-refractivity contribution in [3.63, 3.8) is 0 Å². The van der Waals surface area contributed by atoms with Crippen LogP contribution < -0.4 is 0 Å². The van der Waals surface area contributed by atoms with Crippen LogP contribution in [0.1, 0.15) is 17.9 Å². The Morgan fingerprint density at radius 1 is 1.18 bits per heavy atom. The van der Waals surface area contributed by atoms with Crippen molar-refractivity contribution in [2.75, 3.05) is 21.3 Å². The minimum atomic E-state index is -3.40. The third-order valence-corrected chi connectivity index (χ3v) is 6.60. The lowest BCUT2D eigenvalue weighted by molar-refractivity contribution is -0.145. The molecule has 0 amide bonds. The second-order valence-corrected chi connectivity index (χ2v) is 7.64. The summed E-state index contributed by atoms with van der Waals surface area (Å²) in [6.07, 6.45) is 0.410. The van der Waals surface area contributed by atoms with Gasteiger partial charge in [0.05, 0.1) is 18.7 Å². The maximum absolute atomic E-state index is 12.9. The normalized spacial score (nSPS) is 25.2. The van der Waals surface area contributed by atoms with Crippen molar-refractivity contribution in [3.8, 4) is 0 Å². The fourth-order valence-electron chi connectivity index (χ4n) is 3.20. The van der Waals surface area contributed by atoms with Crippen LogP contribution in [0.5, 0.6) is 0 Å². The standard InChI is InChI=1S/C16H21O5P/c1-11-10-13(16(17)19-2)14(12-8-6-5-7-9-12)15(11)22(18,20-3)21-4/h5-9,13-15H,1,10H2,2-4H3/t13-,14+,15+/m0/s1. The number of carbonyl (C=O) groups is 1. The van der Waals surface area contributed by atoms with E-state index < -0.39 is 19.2 Å². The van der Waals surface area contributed by atoms with E-state index in [1.807, 2.05) is 30.3 Å². The quantitative estimate of drug-likeness (QED) is 0.472. The molecule has 6 heteroatoms. The van der Waals surface area contributed by atoms with E-state index in [1.54, 1.807) is 0 Å². The molecule has 0 aliphatic heterocycles. The largest absolute Gasteiger partial charge is 0.469 e. The van der Waals surface area contributed by atoms with Crippen molar-refractivity contribution in [2.24, 2.45) is 5.92 Å². The van der Waals surface area contributed by atoms with Gasteiger partial charge < -0.3 is 13.8 Å². The fraction of sp³-hybridized carbons (Fsp3) is 0.438. The summed E-state index contributed by atoms with van der Waals surface area (Å²) in [6, 6.07) is 9.46. The van der Waals surface area contributed by atoms with E-state index in [4.69, 9.17) is 13.8 Å². The first-order valence-electron chi connectivity index (χ1n) is 7.00. The second kappa shape index (κ2) is 6.78. The van der Waals surface area contributed by atoms with E-state index in [9.17, 15) is 9.36 Å². The van der Waals surface area contributed by atoms with Crippen LogP contribution in [0.2, 0.25) is 0 Å². The van der Waals surface area contributed by atoms with Crippen LogP contribution >= 0.6 is 7.60 Å². The molecule has 0 N–H and O–H groups in total. The summed E-state index contributed by atoms with van der Waals surface area (Å²) < 4.78 is 28.2. The van der Waals surface area contributed by atoms with Gasteiger partial charge in [-0.1, -0.05) is 42.5 Å². The van der Waals surface area contributed by atoms with E-state index in [0.717, 1.165) is 5.56 Å². The van der Waals surface area contributed by atoms with Gasteiger partial charge in [0.1, 0.15) is 0 Å². The van der Waals surface area contributed by atoms with Crippen molar-refractivity contribution < 1.29 is 23.1 Å². The number of esters is 1. The van der Waals surface area contributed by atoms with E-state index in [-0.39, 0.29) is 11.9 Å². The highest BCUT2D eigenvalue weighted by Gasteiger charge is 2.53. The molecule has 1 aliphatic carbocycles. The van der Waals surface area contributed by atoms with Gasteiger partial charge in [-0.2, -0.15) is 0 Å². The summed E-state index contributed by atoms with van der Waals surface area (Å²) in [4.78, 5) is 12.2. The molecule has 2 rings (SSSR count). The zero-order valence-electron chi connectivity index (χ0n) is 13.0. The summed E-state index contributed by atoms with van der Waals surface area (Å²) in [5.41, 5.74) is 1.03. The van der Waals surface area contributed by atoms with Gasteiger partial charge in [-0.25, -0.2) is 0 Å². The van der Waals surface area contributed by atoms with Gasteiger partial charge in [0.15, 0.2) is 0 Å². The highest BCUT2D eigenvalue weighted by atomic mass is 31.2. The smallest absolute Gasteiger partial charge is 0.337 e. The molecule has 1 saturated carbocycles. The Labute approximate surface area is 130 Å². The SMILES string of the molecule is C=C1C[C@H](C(=O)OC)[C@@H](c2ccccc2)[C@@H]1P(=O)(OC)OC. The number of methoxy groups -OCH3 is 1. The van der Waals surface area contributed by atoms with E-state index in [0.29, 0.717) is 12.0 Å². The maximum atomic E-state index is 12.9. The molecule has 0 spiro atoms. The van der Waals surface area contributed by atoms with Crippen molar-refractivity contribution in [2.45, 2.75) is 18.0 Å². The van der Waals surface area contributed by atoms with E-state index in [1.165, 1.54) is 21.3 Å². The fourth-order valence-corrected chi connectivity index (χ4v) is 5.13. The lowest BCUT2D eigenvalue weighted by atomic mass is 9.89.